The van der Waals surface area contributed by atoms with Gasteiger partial charge in [-0.2, -0.15) is 5.10 Å². The Balaban J connectivity index is 1.97. The van der Waals surface area contributed by atoms with Gasteiger partial charge in [0.15, 0.2) is 0 Å². The first-order chi connectivity index (χ1) is 10.1. The molecule has 0 atom stereocenters. The van der Waals surface area contributed by atoms with Gasteiger partial charge < -0.3 is 4.42 Å². The Kier molecular flexibility index (Phi) is 4.95. The van der Waals surface area contributed by atoms with Gasteiger partial charge in [0, 0.05) is 11.2 Å². The summed E-state index contributed by atoms with van der Waals surface area (Å²) in [5.41, 5.74) is 3.79. The predicted molar refractivity (Wildman–Crippen MR) is 84.4 cm³/mol. The van der Waals surface area contributed by atoms with E-state index in [1.807, 2.05) is 30.3 Å². The molecule has 108 valence electrons. The fourth-order valence-corrected chi connectivity index (χ4v) is 1.99. The van der Waals surface area contributed by atoms with Gasteiger partial charge in [0.1, 0.15) is 11.5 Å². The van der Waals surface area contributed by atoms with E-state index in [1.54, 1.807) is 26.0 Å². The first kappa shape index (κ1) is 15.1. The molecule has 1 N–H and O–H groups in total. The fraction of sp³-hybridized carbons (Fsp3) is 0.125. The Bertz CT molecular complexity index is 688. The number of nitrogens with one attached hydrogen (secondary N) is 1. The highest BCUT2D eigenvalue weighted by Gasteiger charge is 2.12. The number of halogens is 1. The summed E-state index contributed by atoms with van der Waals surface area (Å²) in [5.74, 6) is 0.941. The minimum atomic E-state index is -0.315. The molecule has 0 radical (unpaired) electrons. The number of aryl methyl sites for hydroxylation is 2. The highest BCUT2D eigenvalue weighted by atomic mass is 35.5. The number of hydrogen-bond acceptors (Lipinski definition) is 3. The van der Waals surface area contributed by atoms with Crippen molar-refractivity contribution in [3.63, 3.8) is 0 Å². The molecule has 0 aliphatic heterocycles. The summed E-state index contributed by atoms with van der Waals surface area (Å²) < 4.78 is 5.29. The number of allylic oxidation sites excluding steroid dienone is 1. The third kappa shape index (κ3) is 4.07. The van der Waals surface area contributed by atoms with E-state index in [2.05, 4.69) is 10.5 Å². The van der Waals surface area contributed by atoms with E-state index in [4.69, 9.17) is 16.0 Å². The first-order valence-corrected chi connectivity index (χ1v) is 6.77. The molecule has 0 saturated heterocycles. The molecular formula is C16H15ClN2O2. The number of carbonyl (C=O) groups excluding carboxylic acids is 1. The van der Waals surface area contributed by atoms with Crippen molar-refractivity contribution in [1.82, 2.24) is 5.43 Å². The molecule has 0 spiro atoms. The Morgan fingerprint density at radius 3 is 2.62 bits per heavy atom. The summed E-state index contributed by atoms with van der Waals surface area (Å²) in [4.78, 5) is 11.9. The summed E-state index contributed by atoms with van der Waals surface area (Å²) in [5, 5.41) is 4.38. The lowest BCUT2D eigenvalue weighted by atomic mass is 10.2. The van der Waals surface area contributed by atoms with Gasteiger partial charge in [0.05, 0.1) is 5.56 Å². The molecule has 4 nitrogen and oxygen atoms in total. The second-order valence-corrected chi connectivity index (χ2v) is 4.83. The Morgan fingerprint density at radius 2 is 2.00 bits per heavy atom. The third-order valence-corrected chi connectivity index (χ3v) is 3.14. The molecule has 0 fully saturated rings. The summed E-state index contributed by atoms with van der Waals surface area (Å²) in [6.45, 7) is 3.52. The molecule has 0 aliphatic rings. The molecule has 1 aromatic carbocycles. The molecule has 0 unspecified atom stereocenters. The van der Waals surface area contributed by atoms with Crippen LogP contribution in [-0.4, -0.2) is 12.1 Å². The smallest absolute Gasteiger partial charge is 0.274 e. The normalized spacial score (nSPS) is 11.9. The SMILES string of the molecule is Cc1cc(C(=O)N/N=C/C=C(/Cl)c2ccccc2)c(C)o1. The second kappa shape index (κ2) is 6.90. The molecular weight excluding hydrogens is 288 g/mol. The zero-order valence-electron chi connectivity index (χ0n) is 11.8. The maximum absolute atomic E-state index is 11.9. The molecule has 21 heavy (non-hydrogen) atoms. The van der Waals surface area contributed by atoms with Gasteiger partial charge in [-0.05, 0) is 31.6 Å². The summed E-state index contributed by atoms with van der Waals surface area (Å²) in [7, 11) is 0. The Hall–Kier alpha value is -2.33. The maximum Gasteiger partial charge on any atom is 0.274 e. The van der Waals surface area contributed by atoms with Gasteiger partial charge in [-0.25, -0.2) is 5.43 Å². The second-order valence-electron chi connectivity index (χ2n) is 4.43. The van der Waals surface area contributed by atoms with Crippen LogP contribution in [0.3, 0.4) is 0 Å². The van der Waals surface area contributed by atoms with Crippen LogP contribution in [0.5, 0.6) is 0 Å². The zero-order valence-corrected chi connectivity index (χ0v) is 12.5. The first-order valence-electron chi connectivity index (χ1n) is 6.39. The molecule has 1 heterocycles. The van der Waals surface area contributed by atoms with Crippen molar-refractivity contribution in [2.75, 3.05) is 0 Å². The number of amides is 1. The monoisotopic (exact) mass is 302 g/mol. The van der Waals surface area contributed by atoms with Crippen LogP contribution in [0, 0.1) is 13.8 Å². The van der Waals surface area contributed by atoms with E-state index >= 15 is 0 Å². The van der Waals surface area contributed by atoms with E-state index in [9.17, 15) is 4.79 Å². The lowest BCUT2D eigenvalue weighted by molar-refractivity contribution is 0.0953. The van der Waals surface area contributed by atoms with E-state index in [1.165, 1.54) is 6.21 Å². The van der Waals surface area contributed by atoms with Gasteiger partial charge >= 0.3 is 0 Å². The van der Waals surface area contributed by atoms with Crippen molar-refractivity contribution < 1.29 is 9.21 Å². The van der Waals surface area contributed by atoms with Crippen molar-refractivity contribution in [2.45, 2.75) is 13.8 Å². The molecule has 2 rings (SSSR count). The summed E-state index contributed by atoms with van der Waals surface area (Å²) in [6.07, 6.45) is 3.06. The van der Waals surface area contributed by atoms with Crippen molar-refractivity contribution >= 4 is 28.8 Å². The number of furan rings is 1. The highest BCUT2D eigenvalue weighted by molar-refractivity contribution is 6.49. The van der Waals surface area contributed by atoms with E-state index in [0.29, 0.717) is 22.1 Å². The fourth-order valence-electron chi connectivity index (χ4n) is 1.81. The molecule has 1 aromatic heterocycles. The number of nitrogens with zero attached hydrogens (tertiary/aromatic N) is 1. The lowest BCUT2D eigenvalue weighted by Gasteiger charge is -1.97. The van der Waals surface area contributed by atoms with Crippen LogP contribution < -0.4 is 5.43 Å². The van der Waals surface area contributed by atoms with Crippen LogP contribution in [-0.2, 0) is 0 Å². The summed E-state index contributed by atoms with van der Waals surface area (Å²) in [6, 6.07) is 11.2. The topological polar surface area (TPSA) is 54.6 Å². The zero-order chi connectivity index (χ0) is 15.2. The quantitative estimate of drug-likeness (QED) is 0.688. The lowest BCUT2D eigenvalue weighted by Crippen LogP contribution is -2.17. The Morgan fingerprint density at radius 1 is 1.29 bits per heavy atom. The van der Waals surface area contributed by atoms with Crippen molar-refractivity contribution in [3.8, 4) is 0 Å². The maximum atomic E-state index is 11.9. The molecule has 1 amide bonds. The van der Waals surface area contributed by atoms with Gasteiger partial charge in [0.25, 0.3) is 5.91 Å². The van der Waals surface area contributed by atoms with Crippen LogP contribution >= 0.6 is 11.6 Å². The molecule has 5 heteroatoms. The van der Waals surface area contributed by atoms with Crippen LogP contribution in [0.1, 0.15) is 27.4 Å². The van der Waals surface area contributed by atoms with Crippen molar-refractivity contribution in [2.24, 2.45) is 5.10 Å². The van der Waals surface area contributed by atoms with E-state index in [-0.39, 0.29) is 5.91 Å². The standard InChI is InChI=1S/C16H15ClN2O2/c1-11-10-14(12(2)21-11)16(20)19-18-9-8-15(17)13-6-4-3-5-7-13/h3-10H,1-2H3,(H,19,20)/b15-8+,18-9+. The van der Waals surface area contributed by atoms with E-state index in [0.717, 1.165) is 5.56 Å². The molecule has 2 aromatic rings. The van der Waals surface area contributed by atoms with Gasteiger partial charge in [0.2, 0.25) is 0 Å². The molecule has 0 saturated carbocycles. The van der Waals surface area contributed by atoms with Crippen LogP contribution in [0.2, 0.25) is 0 Å². The average Bonchev–Trinajstić information content (AvgIpc) is 2.83. The van der Waals surface area contributed by atoms with Crippen LogP contribution in [0.15, 0.2) is 52.0 Å². The summed E-state index contributed by atoms with van der Waals surface area (Å²) >= 11 is 6.11. The number of carbonyl (C=O) groups is 1. The van der Waals surface area contributed by atoms with Crippen molar-refractivity contribution in [3.05, 3.63) is 65.1 Å². The van der Waals surface area contributed by atoms with E-state index < -0.39 is 0 Å². The number of rotatable bonds is 4. The molecule has 0 bridgehead atoms. The minimum Gasteiger partial charge on any atom is -0.466 e. The van der Waals surface area contributed by atoms with Crippen LogP contribution in [0.4, 0.5) is 0 Å². The Labute approximate surface area is 128 Å². The van der Waals surface area contributed by atoms with Gasteiger partial charge in [-0.3, -0.25) is 4.79 Å². The van der Waals surface area contributed by atoms with Gasteiger partial charge in [-0.1, -0.05) is 41.9 Å². The van der Waals surface area contributed by atoms with Gasteiger partial charge in [-0.15, -0.1) is 0 Å². The molecule has 0 aliphatic carbocycles. The number of benzene rings is 1. The largest absolute Gasteiger partial charge is 0.466 e. The minimum absolute atomic E-state index is 0.315. The number of hydrazone groups is 1. The average molecular weight is 303 g/mol. The van der Waals surface area contributed by atoms with Crippen LogP contribution in [0.25, 0.3) is 5.03 Å². The van der Waals surface area contributed by atoms with Crippen molar-refractivity contribution in [1.29, 1.82) is 0 Å². The number of hydrogen-bond donors (Lipinski definition) is 1. The highest BCUT2D eigenvalue weighted by Crippen LogP contribution is 2.17. The third-order valence-electron chi connectivity index (χ3n) is 2.80. The predicted octanol–water partition coefficient (Wildman–Crippen LogP) is 3.89.